The lowest BCUT2D eigenvalue weighted by Gasteiger charge is -2.28. The number of imide groups is 2. The lowest BCUT2D eigenvalue weighted by molar-refractivity contribution is -0.140. The summed E-state index contributed by atoms with van der Waals surface area (Å²) in [6, 6.07) is -1.93. The van der Waals surface area contributed by atoms with Crippen LogP contribution >= 0.6 is 0 Å². The van der Waals surface area contributed by atoms with Crippen LogP contribution in [0.3, 0.4) is 0 Å². The SMILES string of the molecule is CCCCCCN1C(=O)NC(=O)[C@@H](C=N[C@@H](Cc2cnc[nH]2)C(=O)O)C1=O. The van der Waals surface area contributed by atoms with E-state index in [4.69, 9.17) is 0 Å². The second-order valence-electron chi connectivity index (χ2n) is 6.26. The molecule has 2 heterocycles. The van der Waals surface area contributed by atoms with Crippen molar-refractivity contribution in [2.75, 3.05) is 6.54 Å². The Kier molecular flexibility index (Phi) is 7.21. The van der Waals surface area contributed by atoms with Gasteiger partial charge >= 0.3 is 12.0 Å². The zero-order valence-electron chi connectivity index (χ0n) is 15.1. The molecule has 1 aliphatic heterocycles. The third kappa shape index (κ3) is 5.47. The van der Waals surface area contributed by atoms with Gasteiger partial charge in [0.1, 0.15) is 0 Å². The summed E-state index contributed by atoms with van der Waals surface area (Å²) >= 11 is 0. The number of unbranched alkanes of at least 4 members (excludes halogenated alkanes) is 3. The number of urea groups is 1. The van der Waals surface area contributed by atoms with E-state index in [0.29, 0.717) is 12.1 Å². The number of hydrogen-bond acceptors (Lipinski definition) is 6. The molecule has 0 unspecified atom stereocenters. The molecule has 0 aromatic carbocycles. The number of amides is 4. The van der Waals surface area contributed by atoms with Crippen molar-refractivity contribution >= 4 is 30.0 Å². The van der Waals surface area contributed by atoms with Gasteiger partial charge in [-0.15, -0.1) is 0 Å². The minimum absolute atomic E-state index is 0.0357. The molecule has 0 aliphatic carbocycles. The zero-order valence-corrected chi connectivity index (χ0v) is 15.1. The Morgan fingerprint density at radius 2 is 2.15 bits per heavy atom. The maximum absolute atomic E-state index is 12.5. The molecular formula is C17H23N5O5. The number of barbiturate groups is 1. The van der Waals surface area contributed by atoms with Gasteiger partial charge in [0.15, 0.2) is 12.0 Å². The van der Waals surface area contributed by atoms with E-state index in [1.54, 1.807) is 0 Å². The van der Waals surface area contributed by atoms with Crippen LogP contribution in [0.2, 0.25) is 0 Å². The van der Waals surface area contributed by atoms with Crippen molar-refractivity contribution in [2.45, 2.75) is 45.1 Å². The minimum atomic E-state index is -1.32. The lowest BCUT2D eigenvalue weighted by atomic mass is 10.1. The van der Waals surface area contributed by atoms with Crippen LogP contribution in [0.15, 0.2) is 17.5 Å². The van der Waals surface area contributed by atoms with Crippen molar-refractivity contribution in [1.82, 2.24) is 20.2 Å². The molecule has 1 aromatic heterocycles. The minimum Gasteiger partial charge on any atom is -0.480 e. The molecule has 1 aromatic rings. The topological polar surface area (TPSA) is 145 Å². The summed E-state index contributed by atoms with van der Waals surface area (Å²) in [6.45, 7) is 2.25. The molecule has 146 valence electrons. The number of aromatic nitrogens is 2. The van der Waals surface area contributed by atoms with Crippen LogP contribution in [0.25, 0.3) is 0 Å². The van der Waals surface area contributed by atoms with Gasteiger partial charge in [-0.05, 0) is 6.42 Å². The van der Waals surface area contributed by atoms with E-state index in [-0.39, 0.29) is 13.0 Å². The number of carbonyl (C=O) groups excluding carboxylic acids is 3. The highest BCUT2D eigenvalue weighted by atomic mass is 16.4. The maximum Gasteiger partial charge on any atom is 0.330 e. The van der Waals surface area contributed by atoms with Gasteiger partial charge in [-0.2, -0.15) is 0 Å². The number of aromatic amines is 1. The average molecular weight is 377 g/mol. The number of carbonyl (C=O) groups is 4. The lowest BCUT2D eigenvalue weighted by Crippen LogP contribution is -2.58. The fourth-order valence-corrected chi connectivity index (χ4v) is 2.67. The first-order valence-electron chi connectivity index (χ1n) is 8.83. The van der Waals surface area contributed by atoms with Gasteiger partial charge in [0.05, 0.1) is 6.33 Å². The number of carboxylic acid groups (broad SMARTS) is 1. The summed E-state index contributed by atoms with van der Waals surface area (Å²) in [5.74, 6) is -4.01. The molecule has 1 aliphatic rings. The van der Waals surface area contributed by atoms with Gasteiger partial charge in [-0.3, -0.25) is 24.8 Å². The van der Waals surface area contributed by atoms with E-state index in [2.05, 4.69) is 20.3 Å². The van der Waals surface area contributed by atoms with Gasteiger partial charge in [-0.1, -0.05) is 26.2 Å². The van der Waals surface area contributed by atoms with E-state index >= 15 is 0 Å². The van der Waals surface area contributed by atoms with Crippen molar-refractivity contribution in [3.05, 3.63) is 18.2 Å². The second kappa shape index (κ2) is 9.60. The van der Waals surface area contributed by atoms with Gasteiger partial charge in [-0.25, -0.2) is 14.6 Å². The molecule has 27 heavy (non-hydrogen) atoms. The number of nitrogens with one attached hydrogen (secondary N) is 2. The largest absolute Gasteiger partial charge is 0.480 e. The van der Waals surface area contributed by atoms with Crippen LogP contribution in [-0.2, 0) is 20.8 Å². The number of imidazole rings is 1. The Balaban J connectivity index is 2.06. The van der Waals surface area contributed by atoms with Crippen molar-refractivity contribution in [3.63, 3.8) is 0 Å². The highest BCUT2D eigenvalue weighted by Crippen LogP contribution is 2.12. The molecule has 1 fully saturated rings. The van der Waals surface area contributed by atoms with Gasteiger partial charge < -0.3 is 10.1 Å². The summed E-state index contributed by atoms with van der Waals surface area (Å²) in [7, 11) is 0. The first-order chi connectivity index (χ1) is 12.9. The van der Waals surface area contributed by atoms with Crippen LogP contribution in [0.5, 0.6) is 0 Å². The number of carboxylic acids is 1. The third-order valence-corrected chi connectivity index (χ3v) is 4.19. The van der Waals surface area contributed by atoms with Crippen molar-refractivity contribution in [2.24, 2.45) is 10.9 Å². The Labute approximate surface area is 156 Å². The van der Waals surface area contributed by atoms with Gasteiger partial charge in [0.25, 0.3) is 0 Å². The number of rotatable bonds is 10. The Morgan fingerprint density at radius 3 is 2.78 bits per heavy atom. The summed E-state index contributed by atoms with van der Waals surface area (Å²) < 4.78 is 0. The summed E-state index contributed by atoms with van der Waals surface area (Å²) in [5, 5.41) is 11.4. The third-order valence-electron chi connectivity index (χ3n) is 4.19. The number of hydrogen-bond donors (Lipinski definition) is 3. The zero-order chi connectivity index (χ0) is 19.8. The van der Waals surface area contributed by atoms with Crippen LogP contribution in [0.1, 0.15) is 38.3 Å². The molecule has 3 N–H and O–H groups in total. The number of nitrogens with zero attached hydrogens (tertiary/aromatic N) is 3. The monoisotopic (exact) mass is 377 g/mol. The van der Waals surface area contributed by atoms with E-state index in [0.717, 1.165) is 30.4 Å². The molecule has 10 nitrogen and oxygen atoms in total. The van der Waals surface area contributed by atoms with Gasteiger partial charge in [0.2, 0.25) is 11.8 Å². The summed E-state index contributed by atoms with van der Waals surface area (Å²) in [5.41, 5.74) is 0.562. The molecule has 0 radical (unpaired) electrons. The highest BCUT2D eigenvalue weighted by Gasteiger charge is 2.39. The van der Waals surface area contributed by atoms with Crippen LogP contribution in [-0.4, -0.2) is 62.6 Å². The Morgan fingerprint density at radius 1 is 1.37 bits per heavy atom. The average Bonchev–Trinajstić information content (AvgIpc) is 3.12. The molecule has 2 atom stereocenters. The van der Waals surface area contributed by atoms with E-state index in [1.807, 2.05) is 6.92 Å². The van der Waals surface area contributed by atoms with E-state index in [9.17, 15) is 24.3 Å². The smallest absolute Gasteiger partial charge is 0.330 e. The standard InChI is InChI=1S/C17H23N5O5/c1-2-3-4-5-6-22-15(24)12(14(23)21-17(22)27)9-19-13(16(25)26)7-11-8-18-10-20-11/h8-10,12-13H,2-7H2,1H3,(H,18,20)(H,25,26)(H,21,23,27)/t12-,13+/m1/s1. The number of aliphatic carboxylic acids is 1. The first kappa shape index (κ1) is 20.3. The molecule has 0 saturated carbocycles. The van der Waals surface area contributed by atoms with Crippen LogP contribution < -0.4 is 5.32 Å². The maximum atomic E-state index is 12.5. The summed E-state index contributed by atoms with van der Waals surface area (Å²) in [6.07, 6.45) is 7.45. The predicted molar refractivity (Wildman–Crippen MR) is 95.1 cm³/mol. The Hall–Kier alpha value is -3.04. The molecular weight excluding hydrogens is 354 g/mol. The predicted octanol–water partition coefficient (Wildman–Crippen LogP) is 0.751. The molecule has 0 spiro atoms. The fourth-order valence-electron chi connectivity index (χ4n) is 2.67. The molecule has 1 saturated heterocycles. The normalized spacial score (nSPS) is 18.8. The van der Waals surface area contributed by atoms with Crippen molar-refractivity contribution < 1.29 is 24.3 Å². The quantitative estimate of drug-likeness (QED) is 0.312. The number of aliphatic imine (C=N–C) groups is 1. The van der Waals surface area contributed by atoms with Crippen LogP contribution in [0.4, 0.5) is 4.79 Å². The van der Waals surface area contributed by atoms with E-state index < -0.39 is 35.8 Å². The molecule has 4 amide bonds. The van der Waals surface area contributed by atoms with Gasteiger partial charge in [0, 0.05) is 31.1 Å². The Bertz CT molecular complexity index is 715. The van der Waals surface area contributed by atoms with Crippen molar-refractivity contribution in [3.8, 4) is 0 Å². The molecule has 10 heteroatoms. The van der Waals surface area contributed by atoms with Crippen molar-refractivity contribution in [1.29, 1.82) is 0 Å². The molecule has 0 bridgehead atoms. The first-order valence-corrected chi connectivity index (χ1v) is 8.83. The van der Waals surface area contributed by atoms with Crippen LogP contribution in [0, 0.1) is 5.92 Å². The molecule has 2 rings (SSSR count). The van der Waals surface area contributed by atoms with E-state index in [1.165, 1.54) is 12.5 Å². The fraction of sp³-hybridized carbons (Fsp3) is 0.529. The second-order valence-corrected chi connectivity index (χ2v) is 6.26. The summed E-state index contributed by atoms with van der Waals surface area (Å²) in [4.78, 5) is 59.3. The highest BCUT2D eigenvalue weighted by molar-refractivity contribution is 6.23. The number of H-pyrrole nitrogens is 1.